The third-order valence-electron chi connectivity index (χ3n) is 3.45. The fraction of sp³-hybridized carbons (Fsp3) is 0.235. The van der Waals surface area contributed by atoms with Crippen molar-refractivity contribution in [1.29, 1.82) is 0 Å². The van der Waals surface area contributed by atoms with Crippen LogP contribution in [0.3, 0.4) is 0 Å². The van der Waals surface area contributed by atoms with Gasteiger partial charge in [0.05, 0.1) is 12.3 Å². The summed E-state index contributed by atoms with van der Waals surface area (Å²) in [7, 11) is 1.70. The molecule has 0 saturated heterocycles. The van der Waals surface area contributed by atoms with Crippen LogP contribution in [0.1, 0.15) is 5.56 Å². The van der Waals surface area contributed by atoms with Crippen molar-refractivity contribution in [2.45, 2.75) is 12.1 Å². The molecule has 6 heteroatoms. The van der Waals surface area contributed by atoms with Gasteiger partial charge in [0.1, 0.15) is 0 Å². The van der Waals surface area contributed by atoms with Gasteiger partial charge in [-0.1, -0.05) is 30.0 Å². The number of benzene rings is 1. The van der Waals surface area contributed by atoms with Gasteiger partial charge in [-0.25, -0.2) is 0 Å². The number of methoxy groups -OCH3 is 1. The minimum atomic E-state index is 0.676. The van der Waals surface area contributed by atoms with Crippen molar-refractivity contribution in [2.24, 2.45) is 0 Å². The maximum atomic E-state index is 5.14. The molecular weight excluding hydrogens is 308 g/mol. The second-order valence-electron chi connectivity index (χ2n) is 5.01. The van der Waals surface area contributed by atoms with Gasteiger partial charge in [0.15, 0.2) is 11.0 Å². The number of nitrogens with zero attached hydrogens (tertiary/aromatic N) is 4. The van der Waals surface area contributed by atoms with E-state index in [1.54, 1.807) is 31.3 Å². The molecule has 118 valence electrons. The van der Waals surface area contributed by atoms with E-state index in [4.69, 9.17) is 4.74 Å². The molecule has 0 atom stereocenters. The molecule has 3 aromatic rings. The Morgan fingerprint density at radius 1 is 1.09 bits per heavy atom. The molecule has 0 spiro atoms. The average Bonchev–Trinajstić information content (AvgIpc) is 3.00. The lowest BCUT2D eigenvalue weighted by atomic mass is 10.2. The van der Waals surface area contributed by atoms with E-state index >= 15 is 0 Å². The SMILES string of the molecule is COCCSc1nnc(-c2ccncc2)n1-c1ccccc1C. The van der Waals surface area contributed by atoms with Crippen LogP contribution in [0.5, 0.6) is 0 Å². The van der Waals surface area contributed by atoms with Gasteiger partial charge < -0.3 is 4.74 Å². The van der Waals surface area contributed by atoms with Gasteiger partial charge in [0, 0.05) is 30.8 Å². The van der Waals surface area contributed by atoms with Crippen molar-refractivity contribution in [1.82, 2.24) is 19.7 Å². The van der Waals surface area contributed by atoms with Crippen molar-refractivity contribution in [3.63, 3.8) is 0 Å². The molecule has 0 aliphatic heterocycles. The molecule has 3 rings (SSSR count). The van der Waals surface area contributed by atoms with Crippen LogP contribution in [0, 0.1) is 6.92 Å². The van der Waals surface area contributed by atoms with E-state index in [0.717, 1.165) is 28.0 Å². The van der Waals surface area contributed by atoms with E-state index in [0.29, 0.717) is 6.61 Å². The minimum Gasteiger partial charge on any atom is -0.384 e. The number of hydrogen-bond donors (Lipinski definition) is 0. The highest BCUT2D eigenvalue weighted by molar-refractivity contribution is 7.99. The fourth-order valence-corrected chi connectivity index (χ4v) is 3.14. The molecular formula is C17H18N4OS. The normalized spacial score (nSPS) is 10.9. The lowest BCUT2D eigenvalue weighted by Crippen LogP contribution is -2.03. The summed E-state index contributed by atoms with van der Waals surface area (Å²) in [6.07, 6.45) is 3.54. The highest BCUT2D eigenvalue weighted by Crippen LogP contribution is 2.28. The Morgan fingerprint density at radius 3 is 2.61 bits per heavy atom. The molecule has 2 heterocycles. The molecule has 0 unspecified atom stereocenters. The lowest BCUT2D eigenvalue weighted by Gasteiger charge is -2.12. The van der Waals surface area contributed by atoms with E-state index in [2.05, 4.69) is 38.8 Å². The van der Waals surface area contributed by atoms with Gasteiger partial charge in [0.2, 0.25) is 0 Å². The van der Waals surface area contributed by atoms with Crippen molar-refractivity contribution < 1.29 is 4.74 Å². The zero-order chi connectivity index (χ0) is 16.1. The molecule has 23 heavy (non-hydrogen) atoms. The maximum Gasteiger partial charge on any atom is 0.196 e. The molecule has 0 N–H and O–H groups in total. The van der Waals surface area contributed by atoms with Crippen LogP contribution in [-0.4, -0.2) is 39.2 Å². The van der Waals surface area contributed by atoms with Crippen LogP contribution in [0.2, 0.25) is 0 Å². The molecule has 0 aliphatic rings. The number of hydrogen-bond acceptors (Lipinski definition) is 5. The van der Waals surface area contributed by atoms with Crippen LogP contribution < -0.4 is 0 Å². The van der Waals surface area contributed by atoms with Gasteiger partial charge in [-0.2, -0.15) is 0 Å². The molecule has 0 amide bonds. The summed E-state index contributed by atoms with van der Waals surface area (Å²) in [6, 6.07) is 12.1. The fourth-order valence-electron chi connectivity index (χ4n) is 2.30. The van der Waals surface area contributed by atoms with Gasteiger partial charge in [-0.15, -0.1) is 10.2 Å². The predicted octanol–water partition coefficient (Wildman–Crippen LogP) is 3.38. The topological polar surface area (TPSA) is 52.8 Å². The van der Waals surface area contributed by atoms with Crippen molar-refractivity contribution in [3.05, 3.63) is 54.4 Å². The highest BCUT2D eigenvalue weighted by atomic mass is 32.2. The number of thioether (sulfide) groups is 1. The Morgan fingerprint density at radius 2 is 1.87 bits per heavy atom. The third kappa shape index (κ3) is 3.43. The number of ether oxygens (including phenoxy) is 1. The summed E-state index contributed by atoms with van der Waals surface area (Å²) in [5, 5.41) is 9.65. The van der Waals surface area contributed by atoms with Gasteiger partial charge >= 0.3 is 0 Å². The Balaban J connectivity index is 2.09. The Labute approximate surface area is 139 Å². The largest absolute Gasteiger partial charge is 0.384 e. The summed E-state index contributed by atoms with van der Waals surface area (Å²) in [5.74, 6) is 1.65. The first kappa shape index (κ1) is 15.7. The second-order valence-corrected chi connectivity index (χ2v) is 6.07. The smallest absolute Gasteiger partial charge is 0.196 e. The van der Waals surface area contributed by atoms with Gasteiger partial charge in [-0.05, 0) is 30.7 Å². The van der Waals surface area contributed by atoms with E-state index in [-0.39, 0.29) is 0 Å². The Hall–Kier alpha value is -2.18. The number of aromatic nitrogens is 4. The van der Waals surface area contributed by atoms with Crippen LogP contribution in [0.25, 0.3) is 17.1 Å². The summed E-state index contributed by atoms with van der Waals surface area (Å²) >= 11 is 1.64. The van der Waals surface area contributed by atoms with E-state index in [9.17, 15) is 0 Å². The first-order valence-corrected chi connectivity index (χ1v) is 8.33. The number of pyridine rings is 1. The van der Waals surface area contributed by atoms with Crippen molar-refractivity contribution in [3.8, 4) is 17.1 Å². The van der Waals surface area contributed by atoms with Gasteiger partial charge in [0.25, 0.3) is 0 Å². The number of aryl methyl sites for hydroxylation is 1. The molecule has 0 fully saturated rings. The molecule has 5 nitrogen and oxygen atoms in total. The number of rotatable bonds is 6. The Bertz CT molecular complexity index is 773. The molecule has 1 aromatic carbocycles. The van der Waals surface area contributed by atoms with E-state index < -0.39 is 0 Å². The third-order valence-corrected chi connectivity index (χ3v) is 4.34. The first-order chi connectivity index (χ1) is 11.3. The summed E-state index contributed by atoms with van der Waals surface area (Å²) in [6.45, 7) is 2.77. The lowest BCUT2D eigenvalue weighted by molar-refractivity contribution is 0.218. The van der Waals surface area contributed by atoms with Gasteiger partial charge in [-0.3, -0.25) is 9.55 Å². The van der Waals surface area contributed by atoms with Crippen LogP contribution >= 0.6 is 11.8 Å². The molecule has 0 saturated carbocycles. The highest BCUT2D eigenvalue weighted by Gasteiger charge is 2.17. The van der Waals surface area contributed by atoms with E-state index in [1.165, 1.54) is 5.56 Å². The first-order valence-electron chi connectivity index (χ1n) is 7.35. The summed E-state index contributed by atoms with van der Waals surface area (Å²) < 4.78 is 7.24. The van der Waals surface area contributed by atoms with Crippen molar-refractivity contribution in [2.75, 3.05) is 19.5 Å². The van der Waals surface area contributed by atoms with E-state index in [1.807, 2.05) is 24.3 Å². The Kier molecular flexibility index (Phi) is 5.05. The molecule has 2 aromatic heterocycles. The molecule has 0 aliphatic carbocycles. The maximum absolute atomic E-state index is 5.14. The minimum absolute atomic E-state index is 0.676. The molecule has 0 bridgehead atoms. The molecule has 0 radical (unpaired) electrons. The standard InChI is InChI=1S/C17H18N4OS/c1-13-5-3-4-6-15(13)21-16(14-7-9-18-10-8-14)19-20-17(21)23-12-11-22-2/h3-10H,11-12H2,1-2H3. The monoisotopic (exact) mass is 326 g/mol. The van der Waals surface area contributed by atoms with Crippen LogP contribution in [0.4, 0.5) is 0 Å². The summed E-state index contributed by atoms with van der Waals surface area (Å²) in [4.78, 5) is 4.08. The van der Waals surface area contributed by atoms with Crippen LogP contribution in [-0.2, 0) is 4.74 Å². The quantitative estimate of drug-likeness (QED) is 0.513. The average molecular weight is 326 g/mol. The predicted molar refractivity (Wildman–Crippen MR) is 91.9 cm³/mol. The summed E-state index contributed by atoms with van der Waals surface area (Å²) in [5.41, 5.74) is 3.26. The second kappa shape index (κ2) is 7.39. The zero-order valence-electron chi connectivity index (χ0n) is 13.1. The van der Waals surface area contributed by atoms with Crippen LogP contribution in [0.15, 0.2) is 53.9 Å². The van der Waals surface area contributed by atoms with Crippen molar-refractivity contribution >= 4 is 11.8 Å². The number of para-hydroxylation sites is 1. The zero-order valence-corrected chi connectivity index (χ0v) is 14.0.